The molecule has 11 nitrogen and oxygen atoms in total. The van der Waals surface area contributed by atoms with Crippen LogP contribution in [0.25, 0.3) is 10.8 Å². The molecule has 0 saturated heterocycles. The van der Waals surface area contributed by atoms with Gasteiger partial charge in [0.15, 0.2) is 6.04 Å². The molecule has 0 saturated carbocycles. The molecule has 0 spiro atoms. The Morgan fingerprint density at radius 1 is 0.944 bits per heavy atom. The average molecular weight is 484 g/mol. The average Bonchev–Trinajstić information content (AvgIpc) is 2.91. The lowest BCUT2D eigenvalue weighted by Gasteiger charge is -2.18. The molecule has 3 aromatic carbocycles. The van der Waals surface area contributed by atoms with Gasteiger partial charge in [0.2, 0.25) is 0 Å². The van der Waals surface area contributed by atoms with Gasteiger partial charge >= 0.3 is 0 Å². The zero-order valence-electron chi connectivity index (χ0n) is 19.0. The van der Waals surface area contributed by atoms with Crippen molar-refractivity contribution in [3.8, 4) is 0 Å². The van der Waals surface area contributed by atoms with Crippen molar-refractivity contribution in [3.63, 3.8) is 0 Å². The Bertz CT molecular complexity index is 1530. The Kier molecular flexibility index (Phi) is 6.91. The van der Waals surface area contributed by atoms with E-state index in [-0.39, 0.29) is 11.4 Å². The molecule has 0 aliphatic rings. The van der Waals surface area contributed by atoms with Crippen LogP contribution >= 0.6 is 0 Å². The summed E-state index contributed by atoms with van der Waals surface area (Å²) in [5.41, 5.74) is 3.31. The number of H-pyrrole nitrogens is 1. The first-order valence-electron chi connectivity index (χ1n) is 10.8. The van der Waals surface area contributed by atoms with Gasteiger partial charge in [0.25, 0.3) is 23.1 Å². The summed E-state index contributed by atoms with van der Waals surface area (Å²) in [5.74, 6) is -1.23. The highest BCUT2D eigenvalue weighted by atomic mass is 16.6. The number of benzene rings is 3. The fraction of sp³-hybridized carbons (Fsp3) is 0.0800. The molecule has 2 amide bonds. The van der Waals surface area contributed by atoms with Crippen LogP contribution in [-0.4, -0.2) is 32.6 Å². The van der Waals surface area contributed by atoms with E-state index in [1.54, 1.807) is 61.5 Å². The van der Waals surface area contributed by atoms with E-state index in [1.165, 1.54) is 24.3 Å². The van der Waals surface area contributed by atoms with E-state index in [9.17, 15) is 24.5 Å². The summed E-state index contributed by atoms with van der Waals surface area (Å²) in [5, 5.41) is 24.8. The minimum absolute atomic E-state index is 0.0738. The molecule has 11 heteroatoms. The van der Waals surface area contributed by atoms with Crippen LogP contribution in [0.2, 0.25) is 0 Å². The lowest BCUT2D eigenvalue weighted by atomic mass is 10.0. The normalized spacial score (nSPS) is 12.1. The van der Waals surface area contributed by atoms with Crippen molar-refractivity contribution < 1.29 is 14.5 Å². The number of aromatic nitrogens is 2. The second kappa shape index (κ2) is 10.4. The molecule has 0 bridgehead atoms. The Hall–Kier alpha value is -5.19. The van der Waals surface area contributed by atoms with E-state index >= 15 is 0 Å². The van der Waals surface area contributed by atoms with Gasteiger partial charge in [-0.15, -0.1) is 0 Å². The number of carbonyl (C=O) groups is 2. The predicted molar refractivity (Wildman–Crippen MR) is 132 cm³/mol. The van der Waals surface area contributed by atoms with E-state index in [2.05, 4.69) is 26.0 Å². The molecule has 3 N–H and O–H groups in total. The first-order chi connectivity index (χ1) is 17.3. The number of hydrazone groups is 1. The maximum Gasteiger partial charge on any atom is 0.272 e. The van der Waals surface area contributed by atoms with Gasteiger partial charge in [-0.05, 0) is 42.8 Å². The second-order valence-corrected chi connectivity index (χ2v) is 7.73. The summed E-state index contributed by atoms with van der Waals surface area (Å²) >= 11 is 0. The summed E-state index contributed by atoms with van der Waals surface area (Å²) in [7, 11) is 0. The molecule has 36 heavy (non-hydrogen) atoms. The number of hydrogen-bond acceptors (Lipinski definition) is 7. The fourth-order valence-electron chi connectivity index (χ4n) is 3.51. The number of nitro benzene ring substituents is 1. The number of amides is 2. The Morgan fingerprint density at radius 3 is 2.25 bits per heavy atom. The molecule has 0 aliphatic heterocycles. The Morgan fingerprint density at radius 2 is 1.58 bits per heavy atom. The maximum atomic E-state index is 13.3. The van der Waals surface area contributed by atoms with Gasteiger partial charge in [-0.1, -0.05) is 36.4 Å². The first kappa shape index (κ1) is 24.0. The topological polar surface area (TPSA) is 159 Å². The van der Waals surface area contributed by atoms with Crippen LogP contribution in [0.3, 0.4) is 0 Å². The molecule has 0 radical (unpaired) electrons. The van der Waals surface area contributed by atoms with E-state index in [0.29, 0.717) is 27.6 Å². The minimum Gasteiger partial charge on any atom is -0.335 e. The van der Waals surface area contributed by atoms with Gasteiger partial charge in [-0.3, -0.25) is 24.5 Å². The molecule has 0 aliphatic carbocycles. The maximum absolute atomic E-state index is 13.3. The van der Waals surface area contributed by atoms with Crippen LogP contribution in [0.1, 0.15) is 34.6 Å². The van der Waals surface area contributed by atoms with Crippen molar-refractivity contribution in [1.82, 2.24) is 20.9 Å². The highest BCUT2D eigenvalue weighted by molar-refractivity contribution is 6.01. The van der Waals surface area contributed by atoms with Crippen molar-refractivity contribution in [2.45, 2.75) is 13.0 Å². The van der Waals surface area contributed by atoms with E-state index in [0.717, 1.165) is 0 Å². The highest BCUT2D eigenvalue weighted by Crippen LogP contribution is 2.20. The van der Waals surface area contributed by atoms with Gasteiger partial charge in [0, 0.05) is 23.1 Å². The van der Waals surface area contributed by atoms with Gasteiger partial charge in [-0.2, -0.15) is 10.2 Å². The molecule has 0 fully saturated rings. The summed E-state index contributed by atoms with van der Waals surface area (Å²) in [6.45, 7) is 1.62. The summed E-state index contributed by atoms with van der Waals surface area (Å²) < 4.78 is 0. The third-order valence-corrected chi connectivity index (χ3v) is 5.40. The zero-order chi connectivity index (χ0) is 25.7. The third kappa shape index (κ3) is 5.14. The van der Waals surface area contributed by atoms with Gasteiger partial charge in [-0.25, -0.2) is 10.5 Å². The van der Waals surface area contributed by atoms with Gasteiger partial charge < -0.3 is 5.32 Å². The lowest BCUT2D eigenvalue weighted by molar-refractivity contribution is -0.384. The second-order valence-electron chi connectivity index (χ2n) is 7.73. The van der Waals surface area contributed by atoms with Crippen LogP contribution < -0.4 is 16.3 Å². The number of non-ortho nitro benzene ring substituents is 1. The Balaban J connectivity index is 1.67. The molecule has 1 heterocycles. The van der Waals surface area contributed by atoms with Gasteiger partial charge in [0.1, 0.15) is 5.69 Å². The van der Waals surface area contributed by atoms with Crippen LogP contribution in [0.5, 0.6) is 0 Å². The van der Waals surface area contributed by atoms with Crippen LogP contribution in [0.15, 0.2) is 88.8 Å². The summed E-state index contributed by atoms with van der Waals surface area (Å²) in [6.07, 6.45) is 0. The van der Waals surface area contributed by atoms with Crippen molar-refractivity contribution in [2.24, 2.45) is 5.10 Å². The molecule has 4 aromatic rings. The summed E-state index contributed by atoms with van der Waals surface area (Å²) in [6, 6.07) is 19.3. The quantitative estimate of drug-likeness (QED) is 0.208. The van der Waals surface area contributed by atoms with E-state index in [1.807, 2.05) is 0 Å². The fourth-order valence-corrected chi connectivity index (χ4v) is 3.51. The van der Waals surface area contributed by atoms with Crippen molar-refractivity contribution in [3.05, 3.63) is 116 Å². The Labute approximate surface area is 204 Å². The molecule has 4 rings (SSSR count). The molecule has 1 aromatic heterocycles. The number of nitro groups is 1. The largest absolute Gasteiger partial charge is 0.335 e. The lowest BCUT2D eigenvalue weighted by Crippen LogP contribution is -2.40. The smallest absolute Gasteiger partial charge is 0.272 e. The molecular weight excluding hydrogens is 464 g/mol. The standard InChI is InChI=1S/C25H20N6O5/c1-15(16-11-13-18(14-12-16)31(35)36)27-30-25(34)22(26-23(32)17-7-3-2-4-8-17)21-19-9-5-6-10-20(19)24(33)29-28-21/h2-14,22H,1H3,(H,26,32)(H,29,33)(H,30,34)/t22-/m0/s1. The van der Waals surface area contributed by atoms with Crippen molar-refractivity contribution in [1.29, 1.82) is 0 Å². The number of fused-ring (bicyclic) bond motifs is 1. The van der Waals surface area contributed by atoms with Crippen LogP contribution in [-0.2, 0) is 4.79 Å². The minimum atomic E-state index is -1.30. The summed E-state index contributed by atoms with van der Waals surface area (Å²) in [4.78, 5) is 48.8. The number of carbonyl (C=O) groups excluding carboxylic acids is 2. The third-order valence-electron chi connectivity index (χ3n) is 5.40. The predicted octanol–water partition coefficient (Wildman–Crippen LogP) is 2.84. The van der Waals surface area contributed by atoms with Gasteiger partial charge in [0.05, 0.1) is 16.0 Å². The number of aromatic amines is 1. The van der Waals surface area contributed by atoms with Crippen molar-refractivity contribution >= 4 is 34.0 Å². The van der Waals surface area contributed by atoms with E-state index in [4.69, 9.17) is 0 Å². The van der Waals surface area contributed by atoms with Crippen molar-refractivity contribution in [2.75, 3.05) is 0 Å². The zero-order valence-corrected chi connectivity index (χ0v) is 19.0. The highest BCUT2D eigenvalue weighted by Gasteiger charge is 2.27. The molecular formula is C25H20N6O5. The molecule has 0 unspecified atom stereocenters. The number of nitrogens with zero attached hydrogens (tertiary/aromatic N) is 3. The number of hydrogen-bond donors (Lipinski definition) is 3. The van der Waals surface area contributed by atoms with Crippen LogP contribution in [0, 0.1) is 10.1 Å². The van der Waals surface area contributed by atoms with Crippen LogP contribution in [0.4, 0.5) is 5.69 Å². The first-order valence-corrected chi connectivity index (χ1v) is 10.8. The number of rotatable bonds is 7. The molecule has 1 atom stereocenters. The van der Waals surface area contributed by atoms with E-state index < -0.39 is 28.3 Å². The SMILES string of the molecule is CC(=NNC(=O)[C@@H](NC(=O)c1ccccc1)c1n[nH]c(=O)c2ccccc12)c1ccc([N+](=O)[O-])cc1. The number of nitrogens with one attached hydrogen (secondary N) is 3. The monoisotopic (exact) mass is 484 g/mol. The molecule has 180 valence electrons.